The second-order valence-corrected chi connectivity index (χ2v) is 19.8. The highest BCUT2D eigenvalue weighted by molar-refractivity contribution is 6.12. The number of hydrogen-bond acceptors (Lipinski definition) is 2. The Hall–Kier alpha value is -10.3. The van der Waals surface area contributed by atoms with Gasteiger partial charge in [-0.1, -0.05) is 188 Å². The molecule has 0 aliphatic heterocycles. The number of hydrogen-bond donors (Lipinski definition) is 0. The number of pyridine rings is 2. The van der Waals surface area contributed by atoms with Crippen molar-refractivity contribution in [3.05, 3.63) is 267 Å². The molecule has 16 aromatic rings. The van der Waals surface area contributed by atoms with E-state index in [0.29, 0.717) is 0 Å². The summed E-state index contributed by atoms with van der Waals surface area (Å²) in [6, 6.07) is 96.2. The van der Waals surface area contributed by atoms with Gasteiger partial charge >= 0.3 is 0 Å². The molecule has 6 heterocycles. The lowest BCUT2D eigenvalue weighted by Gasteiger charge is -2.15. The van der Waals surface area contributed by atoms with E-state index in [9.17, 15) is 0 Å². The number of aromatic nitrogens is 6. The summed E-state index contributed by atoms with van der Waals surface area (Å²) >= 11 is 0. The van der Waals surface area contributed by atoms with E-state index in [0.717, 1.165) is 101 Å². The molecule has 0 fully saturated rings. The van der Waals surface area contributed by atoms with E-state index in [1.54, 1.807) is 0 Å². The van der Waals surface area contributed by atoms with Crippen LogP contribution in [0.2, 0.25) is 0 Å². The van der Waals surface area contributed by atoms with Crippen molar-refractivity contribution in [2.45, 2.75) is 0 Å². The average molecular weight is 969 g/mol. The Morgan fingerprint density at radius 1 is 0.171 bits per heavy atom. The van der Waals surface area contributed by atoms with E-state index in [1.807, 2.05) is 0 Å². The molecule has 0 atom stereocenters. The van der Waals surface area contributed by atoms with Crippen LogP contribution in [0.4, 0.5) is 0 Å². The van der Waals surface area contributed by atoms with Crippen LogP contribution >= 0.6 is 0 Å². The fourth-order valence-corrected chi connectivity index (χ4v) is 12.2. The molecular weight excluding hydrogens is 925 g/mol. The van der Waals surface area contributed by atoms with Crippen molar-refractivity contribution in [1.82, 2.24) is 28.2 Å². The molecule has 0 amide bonds. The molecule has 6 heteroatoms. The predicted octanol–water partition coefficient (Wildman–Crippen LogP) is 17.9. The maximum atomic E-state index is 5.59. The Morgan fingerprint density at radius 2 is 0.382 bits per heavy atom. The Labute approximate surface area is 436 Å². The predicted molar refractivity (Wildman–Crippen MR) is 316 cm³/mol. The molecule has 0 N–H and O–H groups in total. The SMILES string of the molecule is c1cc(-c2ccc(-c3cc(-n4c5ccccc5c5ccccc54)nc(-n4c5ccccc5c5ccccc54)c3)cc2)cc(-c2cc(-n3c4ccccc4c4ccccc43)nc(-n3c4ccccc4c4ccccc43)c2)c1. The van der Waals surface area contributed by atoms with Crippen molar-refractivity contribution < 1.29 is 0 Å². The molecule has 0 saturated carbocycles. The van der Waals surface area contributed by atoms with Gasteiger partial charge in [0, 0.05) is 43.1 Å². The third-order valence-electron chi connectivity index (χ3n) is 15.6. The first-order chi connectivity index (χ1) is 37.7. The van der Waals surface area contributed by atoms with E-state index in [2.05, 4.69) is 285 Å². The normalized spacial score (nSPS) is 11.9. The largest absolute Gasteiger partial charge is 0.294 e. The number of benzene rings is 10. The van der Waals surface area contributed by atoms with Crippen molar-refractivity contribution in [2.24, 2.45) is 0 Å². The van der Waals surface area contributed by atoms with Crippen molar-refractivity contribution in [1.29, 1.82) is 0 Å². The van der Waals surface area contributed by atoms with Crippen LogP contribution in [0.15, 0.2) is 267 Å². The minimum atomic E-state index is 0.861. The number of rotatable bonds is 7. The minimum absolute atomic E-state index is 0.861. The third-order valence-corrected chi connectivity index (χ3v) is 15.6. The molecule has 0 spiro atoms. The Kier molecular flexibility index (Phi) is 9.23. The maximum Gasteiger partial charge on any atom is 0.140 e. The standard InChI is InChI=1S/C70H44N6/c1-9-28-59-51(20-1)52-21-2-10-29-60(52)73(59)67-41-49(42-68(71-67)74-61-30-11-3-22-53(61)54-23-4-12-31-62(54)74)46-38-36-45(37-39-46)47-18-17-19-48(40-47)50-43-69(75-63-32-13-5-24-55(63)56-25-6-14-33-64(56)75)72-70(44-50)76-65-34-15-7-26-57(65)58-27-8-16-35-66(58)76/h1-44H. The number of nitrogens with zero attached hydrogens (tertiary/aromatic N) is 6. The van der Waals surface area contributed by atoms with E-state index in [-0.39, 0.29) is 0 Å². The van der Waals surface area contributed by atoms with Crippen LogP contribution in [0.25, 0.3) is 144 Å². The molecule has 16 rings (SSSR count). The monoisotopic (exact) mass is 968 g/mol. The van der Waals surface area contributed by atoms with Gasteiger partial charge in [-0.05, 0) is 112 Å². The fourth-order valence-electron chi connectivity index (χ4n) is 12.2. The second-order valence-electron chi connectivity index (χ2n) is 19.8. The van der Waals surface area contributed by atoms with Crippen molar-refractivity contribution in [2.75, 3.05) is 0 Å². The molecule has 0 bridgehead atoms. The lowest BCUT2D eigenvalue weighted by Crippen LogP contribution is -2.04. The summed E-state index contributed by atoms with van der Waals surface area (Å²) in [4.78, 5) is 11.2. The van der Waals surface area contributed by atoms with Crippen LogP contribution in [0.1, 0.15) is 0 Å². The summed E-state index contributed by atoms with van der Waals surface area (Å²) in [6.07, 6.45) is 0. The molecular formula is C70H44N6. The molecule has 6 nitrogen and oxygen atoms in total. The van der Waals surface area contributed by atoms with Gasteiger partial charge in [0.2, 0.25) is 0 Å². The van der Waals surface area contributed by atoms with Gasteiger partial charge in [0.1, 0.15) is 23.3 Å². The zero-order valence-electron chi connectivity index (χ0n) is 41.1. The first kappa shape index (κ1) is 42.2. The van der Waals surface area contributed by atoms with E-state index in [4.69, 9.17) is 9.97 Å². The first-order valence-corrected chi connectivity index (χ1v) is 25.9. The highest BCUT2D eigenvalue weighted by Gasteiger charge is 2.21. The first-order valence-electron chi connectivity index (χ1n) is 25.9. The van der Waals surface area contributed by atoms with Crippen molar-refractivity contribution in [3.63, 3.8) is 0 Å². The van der Waals surface area contributed by atoms with Crippen LogP contribution in [0, 0.1) is 0 Å². The van der Waals surface area contributed by atoms with Gasteiger partial charge in [-0.3, -0.25) is 18.3 Å². The van der Waals surface area contributed by atoms with E-state index >= 15 is 0 Å². The van der Waals surface area contributed by atoms with Crippen LogP contribution < -0.4 is 0 Å². The average Bonchev–Trinajstić information content (AvgIpc) is 4.29. The van der Waals surface area contributed by atoms with Gasteiger partial charge in [0.25, 0.3) is 0 Å². The van der Waals surface area contributed by atoms with Gasteiger partial charge in [-0.2, -0.15) is 0 Å². The molecule has 0 saturated heterocycles. The number of fused-ring (bicyclic) bond motifs is 12. The van der Waals surface area contributed by atoms with E-state index in [1.165, 1.54) is 43.1 Å². The zero-order valence-corrected chi connectivity index (χ0v) is 41.1. The summed E-state index contributed by atoms with van der Waals surface area (Å²) in [6.45, 7) is 0. The smallest absolute Gasteiger partial charge is 0.140 e. The third kappa shape index (κ3) is 6.41. The van der Waals surface area contributed by atoms with Gasteiger partial charge in [0.15, 0.2) is 0 Å². The van der Waals surface area contributed by atoms with Gasteiger partial charge in [0.05, 0.1) is 44.1 Å². The molecule has 10 aromatic carbocycles. The molecule has 6 aromatic heterocycles. The summed E-state index contributed by atoms with van der Waals surface area (Å²) in [5, 5.41) is 9.61. The topological polar surface area (TPSA) is 45.5 Å². The van der Waals surface area contributed by atoms with E-state index < -0.39 is 0 Å². The van der Waals surface area contributed by atoms with Gasteiger partial charge < -0.3 is 0 Å². The molecule has 0 radical (unpaired) electrons. The fraction of sp³-hybridized carbons (Fsp3) is 0. The molecule has 0 aliphatic rings. The summed E-state index contributed by atoms with van der Waals surface area (Å²) in [7, 11) is 0. The highest BCUT2D eigenvalue weighted by atomic mass is 15.1. The lowest BCUT2D eigenvalue weighted by atomic mass is 9.97. The Balaban J connectivity index is 0.854. The van der Waals surface area contributed by atoms with Crippen LogP contribution in [-0.4, -0.2) is 28.2 Å². The van der Waals surface area contributed by atoms with Crippen LogP contribution in [0.3, 0.4) is 0 Å². The molecule has 76 heavy (non-hydrogen) atoms. The maximum absolute atomic E-state index is 5.59. The highest BCUT2D eigenvalue weighted by Crippen LogP contribution is 2.40. The Bertz CT molecular complexity index is 4530. The van der Waals surface area contributed by atoms with Crippen molar-refractivity contribution >= 4 is 87.2 Å². The quantitative estimate of drug-likeness (QED) is 0.160. The summed E-state index contributed by atoms with van der Waals surface area (Å²) in [5.74, 6) is 3.45. The summed E-state index contributed by atoms with van der Waals surface area (Å²) < 4.78 is 9.30. The Morgan fingerprint density at radius 3 is 0.645 bits per heavy atom. The molecule has 354 valence electrons. The van der Waals surface area contributed by atoms with Crippen LogP contribution in [0.5, 0.6) is 0 Å². The van der Waals surface area contributed by atoms with Gasteiger partial charge in [-0.25, -0.2) is 9.97 Å². The lowest BCUT2D eigenvalue weighted by molar-refractivity contribution is 1.01. The number of para-hydroxylation sites is 8. The molecule has 0 unspecified atom stereocenters. The van der Waals surface area contributed by atoms with Crippen molar-refractivity contribution in [3.8, 4) is 56.7 Å². The minimum Gasteiger partial charge on any atom is -0.294 e. The van der Waals surface area contributed by atoms with Gasteiger partial charge in [-0.15, -0.1) is 0 Å². The molecule has 0 aliphatic carbocycles. The zero-order chi connectivity index (χ0) is 49.8. The second kappa shape index (κ2) is 16.6. The summed E-state index contributed by atoms with van der Waals surface area (Å²) in [5.41, 5.74) is 15.6. The van der Waals surface area contributed by atoms with Crippen LogP contribution in [-0.2, 0) is 0 Å².